The fraction of sp³-hybridized carbons (Fsp3) is 0.100. The van der Waals surface area contributed by atoms with Gasteiger partial charge in [-0.25, -0.2) is 4.68 Å². The molecular formula is C20H14BrIN4O. The van der Waals surface area contributed by atoms with Gasteiger partial charge in [0.05, 0.1) is 22.5 Å². The Kier molecular flexibility index (Phi) is 4.80. The quantitative estimate of drug-likeness (QED) is 0.491. The molecule has 1 aromatic heterocycles. The SMILES string of the molecule is Cc1nn(-c2ccc(Br)cc2)c2c1C(c1cccc(I)c1)=C(C#N)C(N)O2. The van der Waals surface area contributed by atoms with Crippen molar-refractivity contribution in [2.45, 2.75) is 13.2 Å². The van der Waals surface area contributed by atoms with Gasteiger partial charge in [-0.05, 0) is 71.5 Å². The van der Waals surface area contributed by atoms with Gasteiger partial charge in [-0.2, -0.15) is 10.4 Å². The van der Waals surface area contributed by atoms with Crippen LogP contribution in [0.25, 0.3) is 11.3 Å². The molecule has 0 bridgehead atoms. The highest BCUT2D eigenvalue weighted by molar-refractivity contribution is 14.1. The van der Waals surface area contributed by atoms with Gasteiger partial charge in [-0.15, -0.1) is 0 Å². The summed E-state index contributed by atoms with van der Waals surface area (Å²) in [4.78, 5) is 0. The molecule has 2 N–H and O–H groups in total. The fourth-order valence-electron chi connectivity index (χ4n) is 3.18. The summed E-state index contributed by atoms with van der Waals surface area (Å²) in [6.07, 6.45) is -0.847. The molecule has 0 saturated carbocycles. The second-order valence-corrected chi connectivity index (χ2v) is 8.26. The number of aryl methyl sites for hydroxylation is 1. The fourth-order valence-corrected chi connectivity index (χ4v) is 3.99. The van der Waals surface area contributed by atoms with Crippen molar-refractivity contribution in [3.63, 3.8) is 0 Å². The summed E-state index contributed by atoms with van der Waals surface area (Å²) in [5.41, 5.74) is 10.8. The van der Waals surface area contributed by atoms with Gasteiger partial charge in [0.2, 0.25) is 5.88 Å². The maximum Gasteiger partial charge on any atom is 0.226 e. The molecule has 134 valence electrons. The molecule has 1 atom stereocenters. The summed E-state index contributed by atoms with van der Waals surface area (Å²) < 4.78 is 9.73. The number of nitriles is 1. The molecule has 7 heteroatoms. The standard InChI is InChI=1S/C20H14BrIN4O/c1-11-17-18(12-3-2-4-14(22)9-12)16(10-23)19(24)27-20(17)26(25-11)15-7-5-13(21)6-8-15/h2-9,19H,24H2,1H3. The number of rotatable bonds is 2. The summed E-state index contributed by atoms with van der Waals surface area (Å²) in [7, 11) is 0. The third-order valence-electron chi connectivity index (χ3n) is 4.37. The molecular weight excluding hydrogens is 519 g/mol. The van der Waals surface area contributed by atoms with Gasteiger partial charge >= 0.3 is 0 Å². The molecule has 0 spiro atoms. The smallest absolute Gasteiger partial charge is 0.226 e. The van der Waals surface area contributed by atoms with Crippen molar-refractivity contribution in [1.29, 1.82) is 5.26 Å². The molecule has 0 fully saturated rings. The van der Waals surface area contributed by atoms with Crippen LogP contribution in [0.2, 0.25) is 0 Å². The topological polar surface area (TPSA) is 76.9 Å². The van der Waals surface area contributed by atoms with Crippen LogP contribution >= 0.6 is 38.5 Å². The first-order valence-corrected chi connectivity index (χ1v) is 10.0. The summed E-state index contributed by atoms with van der Waals surface area (Å²) >= 11 is 5.71. The molecule has 0 amide bonds. The highest BCUT2D eigenvalue weighted by atomic mass is 127. The Morgan fingerprint density at radius 1 is 1.26 bits per heavy atom. The van der Waals surface area contributed by atoms with E-state index < -0.39 is 6.23 Å². The molecule has 0 aliphatic carbocycles. The average Bonchev–Trinajstić information content (AvgIpc) is 2.97. The molecule has 0 radical (unpaired) electrons. The minimum absolute atomic E-state index is 0.406. The molecule has 4 rings (SSSR count). The summed E-state index contributed by atoms with van der Waals surface area (Å²) in [5.74, 6) is 0.551. The number of nitrogens with two attached hydrogens (primary N) is 1. The van der Waals surface area contributed by atoms with E-state index in [1.165, 1.54) is 0 Å². The number of benzene rings is 2. The van der Waals surface area contributed by atoms with Crippen LogP contribution in [0.1, 0.15) is 16.8 Å². The Hall–Kier alpha value is -2.15. The van der Waals surface area contributed by atoms with E-state index in [0.29, 0.717) is 11.5 Å². The van der Waals surface area contributed by atoms with Crippen molar-refractivity contribution in [3.05, 3.63) is 79.0 Å². The number of hydrogen-bond acceptors (Lipinski definition) is 4. The van der Waals surface area contributed by atoms with E-state index in [4.69, 9.17) is 10.5 Å². The normalized spacial score (nSPS) is 15.9. The number of halogens is 2. The Labute approximate surface area is 178 Å². The number of nitrogens with zero attached hydrogens (tertiary/aromatic N) is 3. The molecule has 27 heavy (non-hydrogen) atoms. The number of aromatic nitrogens is 2. The van der Waals surface area contributed by atoms with Gasteiger partial charge in [0.15, 0.2) is 6.23 Å². The first-order chi connectivity index (χ1) is 13.0. The predicted octanol–water partition coefficient (Wildman–Crippen LogP) is 4.55. The largest absolute Gasteiger partial charge is 0.453 e. The molecule has 2 aromatic carbocycles. The summed E-state index contributed by atoms with van der Waals surface area (Å²) in [6.45, 7) is 1.91. The number of hydrogen-bond donors (Lipinski definition) is 1. The predicted molar refractivity (Wildman–Crippen MR) is 115 cm³/mol. The Bertz CT molecular complexity index is 1110. The maximum absolute atomic E-state index is 9.73. The molecule has 2 heterocycles. The van der Waals surface area contributed by atoms with Crippen molar-refractivity contribution >= 4 is 44.1 Å². The molecule has 0 saturated heterocycles. The first-order valence-electron chi connectivity index (χ1n) is 8.18. The van der Waals surface area contributed by atoms with E-state index >= 15 is 0 Å². The molecule has 1 aliphatic rings. The minimum Gasteiger partial charge on any atom is -0.453 e. The Morgan fingerprint density at radius 3 is 2.67 bits per heavy atom. The van der Waals surface area contributed by atoms with Crippen molar-refractivity contribution in [1.82, 2.24) is 9.78 Å². The zero-order valence-corrected chi connectivity index (χ0v) is 18.0. The lowest BCUT2D eigenvalue weighted by Gasteiger charge is -2.25. The summed E-state index contributed by atoms with van der Waals surface area (Å²) in [6, 6.07) is 18.0. The van der Waals surface area contributed by atoms with E-state index in [9.17, 15) is 5.26 Å². The second-order valence-electron chi connectivity index (χ2n) is 6.10. The van der Waals surface area contributed by atoms with E-state index in [1.807, 2.05) is 55.5 Å². The van der Waals surface area contributed by atoms with Gasteiger partial charge in [0.25, 0.3) is 0 Å². The molecule has 3 aromatic rings. The lowest BCUT2D eigenvalue weighted by Crippen LogP contribution is -2.33. The van der Waals surface area contributed by atoms with Crippen LogP contribution in [-0.2, 0) is 0 Å². The minimum atomic E-state index is -0.847. The Balaban J connectivity index is 1.99. The lowest BCUT2D eigenvalue weighted by molar-refractivity contribution is 0.228. The highest BCUT2D eigenvalue weighted by Crippen LogP contribution is 2.42. The number of ether oxygens (including phenoxy) is 1. The average molecular weight is 533 g/mol. The molecule has 1 aliphatic heterocycles. The Morgan fingerprint density at radius 2 is 2.00 bits per heavy atom. The third-order valence-corrected chi connectivity index (χ3v) is 5.57. The highest BCUT2D eigenvalue weighted by Gasteiger charge is 2.33. The van der Waals surface area contributed by atoms with Gasteiger partial charge in [-0.1, -0.05) is 28.1 Å². The van der Waals surface area contributed by atoms with Gasteiger partial charge in [0.1, 0.15) is 6.07 Å². The second kappa shape index (κ2) is 7.11. The van der Waals surface area contributed by atoms with Crippen molar-refractivity contribution in [3.8, 4) is 17.6 Å². The van der Waals surface area contributed by atoms with Crippen molar-refractivity contribution < 1.29 is 4.74 Å². The van der Waals surface area contributed by atoms with Crippen LogP contribution in [0.3, 0.4) is 0 Å². The summed E-state index contributed by atoms with van der Waals surface area (Å²) in [5, 5.41) is 14.4. The van der Waals surface area contributed by atoms with Crippen LogP contribution in [-0.4, -0.2) is 16.0 Å². The van der Waals surface area contributed by atoms with E-state index in [1.54, 1.807) is 4.68 Å². The van der Waals surface area contributed by atoms with E-state index in [0.717, 1.165) is 36.1 Å². The first kappa shape index (κ1) is 18.2. The van der Waals surface area contributed by atoms with E-state index in [-0.39, 0.29) is 0 Å². The number of fused-ring (bicyclic) bond motifs is 1. The van der Waals surface area contributed by atoms with Gasteiger partial charge in [0, 0.05) is 13.6 Å². The zero-order chi connectivity index (χ0) is 19.1. The van der Waals surface area contributed by atoms with Crippen molar-refractivity contribution in [2.24, 2.45) is 5.73 Å². The van der Waals surface area contributed by atoms with Crippen LogP contribution in [0.4, 0.5) is 0 Å². The molecule has 1 unspecified atom stereocenters. The van der Waals surface area contributed by atoms with Gasteiger partial charge < -0.3 is 4.74 Å². The van der Waals surface area contributed by atoms with E-state index in [2.05, 4.69) is 49.7 Å². The lowest BCUT2D eigenvalue weighted by atomic mass is 9.91. The van der Waals surface area contributed by atoms with Gasteiger partial charge in [-0.3, -0.25) is 5.73 Å². The zero-order valence-electron chi connectivity index (χ0n) is 14.3. The van der Waals surface area contributed by atoms with Crippen LogP contribution in [0, 0.1) is 21.8 Å². The molecule has 5 nitrogen and oxygen atoms in total. The monoisotopic (exact) mass is 532 g/mol. The third kappa shape index (κ3) is 3.18. The van der Waals surface area contributed by atoms with Crippen molar-refractivity contribution in [2.75, 3.05) is 0 Å². The van der Waals surface area contributed by atoms with Crippen LogP contribution < -0.4 is 10.5 Å². The van der Waals surface area contributed by atoms with Crippen LogP contribution in [0.5, 0.6) is 5.88 Å². The maximum atomic E-state index is 9.73. The van der Waals surface area contributed by atoms with Crippen LogP contribution in [0.15, 0.2) is 58.6 Å².